The van der Waals surface area contributed by atoms with Crippen LogP contribution in [0.3, 0.4) is 0 Å². The minimum Gasteiger partial charge on any atom is -0.287 e. The lowest BCUT2D eigenvalue weighted by molar-refractivity contribution is 0.0664. The van der Waals surface area contributed by atoms with Gasteiger partial charge in [-0.15, -0.1) is 0 Å². The van der Waals surface area contributed by atoms with Crippen LogP contribution in [0.5, 0.6) is 0 Å². The van der Waals surface area contributed by atoms with Crippen LogP contribution in [0.4, 0.5) is 0 Å². The Labute approximate surface area is 182 Å². The van der Waals surface area contributed by atoms with Crippen molar-refractivity contribution in [1.29, 1.82) is 0 Å². The van der Waals surface area contributed by atoms with Crippen LogP contribution in [-0.4, -0.2) is 19.3 Å². The molecule has 0 rings (SSSR count). The monoisotopic (exact) mass is 434 g/mol. The summed E-state index contributed by atoms with van der Waals surface area (Å²) in [6.45, 7) is 9.73. The van der Waals surface area contributed by atoms with Crippen LogP contribution in [0.15, 0.2) is 0 Å². The van der Waals surface area contributed by atoms with Crippen LogP contribution in [0.25, 0.3) is 0 Å². The van der Waals surface area contributed by atoms with Gasteiger partial charge in [0.1, 0.15) is 0 Å². The zero-order chi connectivity index (χ0) is 21.6. The van der Waals surface area contributed by atoms with Crippen LogP contribution >= 0.6 is 7.82 Å². The van der Waals surface area contributed by atoms with E-state index in [0.717, 1.165) is 51.4 Å². The van der Waals surface area contributed by atoms with Gasteiger partial charge in [-0.2, -0.15) is 0 Å². The summed E-state index contributed by atoms with van der Waals surface area (Å²) in [5.74, 6) is 0. The van der Waals surface area contributed by atoms with Crippen molar-refractivity contribution in [2.24, 2.45) is 0 Å². The van der Waals surface area contributed by atoms with Gasteiger partial charge < -0.3 is 0 Å². The molecule has 0 aromatic heterocycles. The maximum atomic E-state index is 13.3. The molecule has 1 atom stereocenters. The van der Waals surface area contributed by atoms with Crippen LogP contribution < -0.4 is 0 Å². The summed E-state index contributed by atoms with van der Waals surface area (Å²) < 4.78 is 30.9. The molecule has 0 bridgehead atoms. The molecule has 0 N–H and O–H groups in total. The highest BCUT2D eigenvalue weighted by molar-refractivity contribution is 7.48. The summed E-state index contributed by atoms with van der Waals surface area (Å²) in [4.78, 5) is 0. The Hall–Kier alpha value is 0.110. The molecule has 0 aromatic carbocycles. The largest absolute Gasteiger partial charge is 0.475 e. The van der Waals surface area contributed by atoms with Gasteiger partial charge in [-0.05, 0) is 25.7 Å². The van der Waals surface area contributed by atoms with Crippen molar-refractivity contribution in [3.8, 4) is 0 Å². The molecule has 0 aliphatic heterocycles. The van der Waals surface area contributed by atoms with Gasteiger partial charge >= 0.3 is 7.82 Å². The van der Waals surface area contributed by atoms with Gasteiger partial charge in [0.05, 0.1) is 19.3 Å². The van der Waals surface area contributed by atoms with E-state index in [2.05, 4.69) is 27.7 Å². The Morgan fingerprint density at radius 2 is 0.931 bits per heavy atom. The van der Waals surface area contributed by atoms with Crippen molar-refractivity contribution in [3.05, 3.63) is 0 Å². The lowest BCUT2D eigenvalue weighted by Gasteiger charge is -2.24. The molecule has 5 heteroatoms. The molecule has 1 unspecified atom stereocenters. The molecule has 0 radical (unpaired) electrons. The molecular formula is C24H51O4P. The molecule has 0 fully saturated rings. The Morgan fingerprint density at radius 1 is 0.552 bits per heavy atom. The first kappa shape index (κ1) is 29.1. The molecule has 0 aromatic rings. The molecule has 29 heavy (non-hydrogen) atoms. The molecule has 0 saturated carbocycles. The fourth-order valence-electron chi connectivity index (χ4n) is 3.36. The van der Waals surface area contributed by atoms with E-state index in [1.165, 1.54) is 57.8 Å². The summed E-state index contributed by atoms with van der Waals surface area (Å²) in [5.41, 5.74) is 0. The van der Waals surface area contributed by atoms with Gasteiger partial charge in [-0.25, -0.2) is 4.57 Å². The van der Waals surface area contributed by atoms with Crippen molar-refractivity contribution in [2.45, 2.75) is 143 Å². The van der Waals surface area contributed by atoms with Crippen molar-refractivity contribution in [3.63, 3.8) is 0 Å². The third-order valence-electron chi connectivity index (χ3n) is 5.28. The van der Waals surface area contributed by atoms with Crippen molar-refractivity contribution >= 4 is 7.82 Å². The van der Waals surface area contributed by atoms with E-state index in [1.54, 1.807) is 0 Å². The first-order valence-corrected chi connectivity index (χ1v) is 14.1. The van der Waals surface area contributed by atoms with Crippen molar-refractivity contribution < 1.29 is 18.1 Å². The number of unbranched alkanes of at least 4 members (excludes halogenated alkanes) is 11. The van der Waals surface area contributed by atoms with Gasteiger partial charge in [0, 0.05) is 0 Å². The highest BCUT2D eigenvalue weighted by Crippen LogP contribution is 2.52. The minimum absolute atomic E-state index is 0.0180. The lowest BCUT2D eigenvalue weighted by Crippen LogP contribution is -2.15. The second kappa shape index (κ2) is 21.3. The fourth-order valence-corrected chi connectivity index (χ4v) is 4.84. The van der Waals surface area contributed by atoms with Crippen LogP contribution in [0.2, 0.25) is 0 Å². The van der Waals surface area contributed by atoms with E-state index >= 15 is 0 Å². The smallest absolute Gasteiger partial charge is 0.287 e. The first-order chi connectivity index (χ1) is 14.1. The van der Waals surface area contributed by atoms with Crippen LogP contribution in [0, 0.1) is 0 Å². The summed E-state index contributed by atoms with van der Waals surface area (Å²) in [5, 5.41) is 0. The number of phosphoric acid groups is 1. The molecule has 0 heterocycles. The summed E-state index contributed by atoms with van der Waals surface area (Å²) >= 11 is 0. The second-order valence-electron chi connectivity index (χ2n) is 8.31. The normalized spacial score (nSPS) is 13.1. The van der Waals surface area contributed by atoms with Gasteiger partial charge in [-0.3, -0.25) is 13.6 Å². The summed E-state index contributed by atoms with van der Waals surface area (Å²) in [6.07, 6.45) is 18.9. The van der Waals surface area contributed by atoms with E-state index in [0.29, 0.717) is 13.2 Å². The van der Waals surface area contributed by atoms with Crippen LogP contribution in [-0.2, 0) is 18.1 Å². The molecule has 0 saturated heterocycles. The number of phosphoric ester groups is 1. The quantitative estimate of drug-likeness (QED) is 0.119. The van der Waals surface area contributed by atoms with Gasteiger partial charge in [0.25, 0.3) is 0 Å². The summed E-state index contributed by atoms with van der Waals surface area (Å²) in [7, 11) is -3.48. The van der Waals surface area contributed by atoms with Gasteiger partial charge in [-0.1, -0.05) is 111 Å². The van der Waals surface area contributed by atoms with Gasteiger partial charge in [0.2, 0.25) is 0 Å². The molecule has 4 nitrogen and oxygen atoms in total. The number of hydrogen-bond acceptors (Lipinski definition) is 4. The Bertz CT molecular complexity index is 358. The Morgan fingerprint density at radius 3 is 1.38 bits per heavy atom. The van der Waals surface area contributed by atoms with Gasteiger partial charge in [0.15, 0.2) is 0 Å². The zero-order valence-corrected chi connectivity index (χ0v) is 21.0. The number of rotatable bonds is 23. The SMILES string of the molecule is CCCCCCOP(=O)(OCCCCCC)OC(CCCCC)CCCCCC. The average molecular weight is 435 g/mol. The molecule has 0 aliphatic rings. The lowest BCUT2D eigenvalue weighted by atomic mass is 10.0. The van der Waals surface area contributed by atoms with Crippen molar-refractivity contribution in [2.75, 3.05) is 13.2 Å². The molecule has 0 spiro atoms. The average Bonchev–Trinajstić information content (AvgIpc) is 2.71. The third-order valence-corrected chi connectivity index (χ3v) is 6.84. The molecular weight excluding hydrogens is 383 g/mol. The van der Waals surface area contributed by atoms with E-state index in [1.807, 2.05) is 0 Å². The standard InChI is InChI=1S/C24H51O4P/c1-5-9-13-17-21-24(20-16-12-8-4)28-29(25,26-22-18-14-10-6-2)27-23-19-15-11-7-3/h24H,5-23H2,1-4H3. The van der Waals surface area contributed by atoms with E-state index < -0.39 is 7.82 Å². The minimum atomic E-state index is -3.48. The Balaban J connectivity index is 4.71. The van der Waals surface area contributed by atoms with E-state index in [-0.39, 0.29) is 6.10 Å². The van der Waals surface area contributed by atoms with E-state index in [9.17, 15) is 4.57 Å². The maximum Gasteiger partial charge on any atom is 0.475 e. The molecule has 176 valence electrons. The first-order valence-electron chi connectivity index (χ1n) is 12.7. The van der Waals surface area contributed by atoms with Crippen molar-refractivity contribution in [1.82, 2.24) is 0 Å². The fraction of sp³-hybridized carbons (Fsp3) is 1.00. The molecule has 0 aliphatic carbocycles. The van der Waals surface area contributed by atoms with Crippen LogP contribution in [0.1, 0.15) is 137 Å². The van der Waals surface area contributed by atoms with E-state index in [4.69, 9.17) is 13.6 Å². The summed E-state index contributed by atoms with van der Waals surface area (Å²) in [6, 6.07) is 0. The maximum absolute atomic E-state index is 13.3. The highest BCUT2D eigenvalue weighted by atomic mass is 31.2. The highest BCUT2D eigenvalue weighted by Gasteiger charge is 2.30. The number of hydrogen-bond donors (Lipinski definition) is 0. The Kier molecular flexibility index (Phi) is 21.4. The zero-order valence-electron chi connectivity index (χ0n) is 20.1. The third kappa shape index (κ3) is 18.6. The molecule has 0 amide bonds. The predicted octanol–water partition coefficient (Wildman–Crippen LogP) is 9.22. The second-order valence-corrected chi connectivity index (χ2v) is 9.93. The predicted molar refractivity (Wildman–Crippen MR) is 126 cm³/mol. The topological polar surface area (TPSA) is 44.8 Å².